The Morgan fingerprint density at radius 1 is 1.26 bits per heavy atom. The molecule has 3 heteroatoms. The molecule has 19 heavy (non-hydrogen) atoms. The molecule has 1 aromatic carbocycles. The first-order chi connectivity index (χ1) is 9.11. The van der Waals surface area contributed by atoms with Gasteiger partial charge in [-0.25, -0.2) is 0 Å². The van der Waals surface area contributed by atoms with Gasteiger partial charge in [0.25, 0.3) is 5.91 Å². The second-order valence-electron chi connectivity index (χ2n) is 5.54. The van der Waals surface area contributed by atoms with E-state index in [9.17, 15) is 4.79 Å². The molecule has 0 aromatic heterocycles. The third kappa shape index (κ3) is 3.14. The summed E-state index contributed by atoms with van der Waals surface area (Å²) < 4.78 is 0. The summed E-state index contributed by atoms with van der Waals surface area (Å²) in [5.41, 5.74) is 1.21. The van der Waals surface area contributed by atoms with E-state index in [1.807, 2.05) is 0 Å². The molecule has 3 atom stereocenters. The van der Waals surface area contributed by atoms with Gasteiger partial charge in [-0.2, -0.15) is 5.26 Å². The zero-order valence-electron chi connectivity index (χ0n) is 11.5. The smallest absolute Gasteiger partial charge is 0.251 e. The fourth-order valence-corrected chi connectivity index (χ4v) is 2.73. The molecule has 0 bridgehead atoms. The molecule has 0 unspecified atom stereocenters. The van der Waals surface area contributed by atoms with Gasteiger partial charge in [0.2, 0.25) is 0 Å². The summed E-state index contributed by atoms with van der Waals surface area (Å²) in [7, 11) is 0. The zero-order valence-corrected chi connectivity index (χ0v) is 11.5. The maximum atomic E-state index is 12.2. The molecule has 0 heterocycles. The van der Waals surface area contributed by atoms with Gasteiger partial charge in [0, 0.05) is 11.6 Å². The van der Waals surface area contributed by atoms with Crippen molar-refractivity contribution in [3.05, 3.63) is 35.4 Å². The lowest BCUT2D eigenvalue weighted by molar-refractivity contribution is 0.0891. The Morgan fingerprint density at radius 3 is 2.58 bits per heavy atom. The van der Waals surface area contributed by atoms with E-state index in [0.29, 0.717) is 23.0 Å². The Labute approximate surface area is 114 Å². The Balaban J connectivity index is 2.02. The normalized spacial score (nSPS) is 26.5. The van der Waals surface area contributed by atoms with E-state index in [-0.39, 0.29) is 11.9 Å². The molecule has 1 saturated carbocycles. The largest absolute Gasteiger partial charge is 0.349 e. The molecule has 2 rings (SSSR count). The highest BCUT2D eigenvalue weighted by atomic mass is 16.1. The van der Waals surface area contributed by atoms with Gasteiger partial charge < -0.3 is 5.32 Å². The van der Waals surface area contributed by atoms with Gasteiger partial charge in [-0.1, -0.05) is 26.7 Å². The van der Waals surface area contributed by atoms with Crippen LogP contribution >= 0.6 is 0 Å². The average Bonchev–Trinajstić information content (AvgIpc) is 2.44. The first-order valence-electron chi connectivity index (χ1n) is 6.93. The average molecular weight is 256 g/mol. The van der Waals surface area contributed by atoms with Crippen LogP contribution in [-0.4, -0.2) is 11.9 Å². The van der Waals surface area contributed by atoms with Gasteiger partial charge in [0.05, 0.1) is 11.6 Å². The first kappa shape index (κ1) is 13.6. The Morgan fingerprint density at radius 2 is 1.95 bits per heavy atom. The lowest BCUT2D eigenvalue weighted by Gasteiger charge is -2.34. The van der Waals surface area contributed by atoms with Crippen LogP contribution in [0, 0.1) is 23.2 Å². The molecule has 0 radical (unpaired) electrons. The van der Waals surface area contributed by atoms with Gasteiger partial charge in [-0.15, -0.1) is 0 Å². The van der Waals surface area contributed by atoms with Crippen molar-refractivity contribution in [1.82, 2.24) is 5.32 Å². The molecule has 0 saturated heterocycles. The van der Waals surface area contributed by atoms with Crippen LogP contribution in [0.25, 0.3) is 0 Å². The van der Waals surface area contributed by atoms with E-state index >= 15 is 0 Å². The fraction of sp³-hybridized carbons (Fsp3) is 0.500. The van der Waals surface area contributed by atoms with Crippen molar-refractivity contribution in [3.63, 3.8) is 0 Å². The Kier molecular flexibility index (Phi) is 4.21. The molecule has 1 amide bonds. The number of nitrogens with zero attached hydrogens (tertiary/aromatic N) is 1. The summed E-state index contributed by atoms with van der Waals surface area (Å²) in [6.45, 7) is 4.47. The summed E-state index contributed by atoms with van der Waals surface area (Å²) in [6.07, 6.45) is 3.50. The van der Waals surface area contributed by atoms with Crippen LogP contribution in [0.1, 0.15) is 49.0 Å². The third-order valence-corrected chi connectivity index (χ3v) is 4.30. The van der Waals surface area contributed by atoms with Crippen molar-refractivity contribution in [3.8, 4) is 6.07 Å². The van der Waals surface area contributed by atoms with E-state index in [1.165, 1.54) is 12.8 Å². The van der Waals surface area contributed by atoms with Crippen molar-refractivity contribution in [1.29, 1.82) is 5.26 Å². The van der Waals surface area contributed by atoms with E-state index in [4.69, 9.17) is 5.26 Å². The molecule has 1 aromatic rings. The summed E-state index contributed by atoms with van der Waals surface area (Å²) in [5, 5.41) is 11.9. The SMILES string of the molecule is C[C@H]1[C@@H](NC(=O)c2ccc(C#N)cc2)CCC[C@@H]1C. The maximum absolute atomic E-state index is 12.2. The molecular formula is C16H20N2O. The number of hydrogen-bond donors (Lipinski definition) is 1. The molecule has 1 fully saturated rings. The lowest BCUT2D eigenvalue weighted by Crippen LogP contribution is -2.43. The minimum atomic E-state index is -0.0320. The standard InChI is InChI=1S/C16H20N2O/c1-11-4-3-5-15(12(11)2)18-16(19)14-8-6-13(10-17)7-9-14/h6-9,11-12,15H,3-5H2,1-2H3,(H,18,19)/t11-,12+,15-/m0/s1. The highest BCUT2D eigenvalue weighted by molar-refractivity contribution is 5.94. The van der Waals surface area contributed by atoms with Gasteiger partial charge in [0.1, 0.15) is 0 Å². The Hall–Kier alpha value is -1.82. The Bertz CT molecular complexity index is 486. The fourth-order valence-electron chi connectivity index (χ4n) is 2.73. The third-order valence-electron chi connectivity index (χ3n) is 4.30. The predicted octanol–water partition coefficient (Wildman–Crippen LogP) is 3.11. The molecule has 1 aliphatic carbocycles. The quantitative estimate of drug-likeness (QED) is 0.884. The summed E-state index contributed by atoms with van der Waals surface area (Å²) in [5.74, 6) is 1.16. The van der Waals surface area contributed by atoms with Gasteiger partial charge in [-0.3, -0.25) is 4.79 Å². The van der Waals surface area contributed by atoms with Crippen LogP contribution in [0.3, 0.4) is 0 Å². The van der Waals surface area contributed by atoms with Gasteiger partial charge in [-0.05, 0) is 42.5 Å². The number of nitrogens with one attached hydrogen (secondary N) is 1. The number of amides is 1. The van der Waals surface area contributed by atoms with Crippen LogP contribution in [-0.2, 0) is 0 Å². The number of rotatable bonds is 2. The van der Waals surface area contributed by atoms with Crippen LogP contribution in [0.5, 0.6) is 0 Å². The second kappa shape index (κ2) is 5.88. The van der Waals surface area contributed by atoms with E-state index in [0.717, 1.165) is 6.42 Å². The van der Waals surface area contributed by atoms with E-state index in [2.05, 4.69) is 25.2 Å². The van der Waals surface area contributed by atoms with E-state index < -0.39 is 0 Å². The van der Waals surface area contributed by atoms with Gasteiger partial charge in [0.15, 0.2) is 0 Å². The number of benzene rings is 1. The summed E-state index contributed by atoms with van der Waals surface area (Å²) in [6, 6.07) is 9.12. The van der Waals surface area contributed by atoms with Crippen LogP contribution in [0.2, 0.25) is 0 Å². The molecule has 100 valence electrons. The highest BCUT2D eigenvalue weighted by Gasteiger charge is 2.28. The molecule has 3 nitrogen and oxygen atoms in total. The van der Waals surface area contributed by atoms with Crippen molar-refractivity contribution in [2.45, 2.75) is 39.2 Å². The zero-order chi connectivity index (χ0) is 13.8. The number of hydrogen-bond acceptors (Lipinski definition) is 2. The molecule has 0 spiro atoms. The van der Waals surface area contributed by atoms with Crippen molar-refractivity contribution in [2.75, 3.05) is 0 Å². The summed E-state index contributed by atoms with van der Waals surface area (Å²) >= 11 is 0. The second-order valence-corrected chi connectivity index (χ2v) is 5.54. The van der Waals surface area contributed by atoms with Crippen LogP contribution in [0.15, 0.2) is 24.3 Å². The highest BCUT2D eigenvalue weighted by Crippen LogP contribution is 2.29. The van der Waals surface area contributed by atoms with Gasteiger partial charge >= 0.3 is 0 Å². The lowest BCUT2D eigenvalue weighted by atomic mass is 9.78. The first-order valence-corrected chi connectivity index (χ1v) is 6.93. The van der Waals surface area contributed by atoms with Crippen molar-refractivity contribution in [2.24, 2.45) is 11.8 Å². The van der Waals surface area contributed by atoms with Crippen molar-refractivity contribution < 1.29 is 4.79 Å². The van der Waals surface area contributed by atoms with Crippen molar-refractivity contribution >= 4 is 5.91 Å². The number of carbonyl (C=O) groups excluding carboxylic acids is 1. The molecule has 0 aliphatic heterocycles. The maximum Gasteiger partial charge on any atom is 0.251 e. The topological polar surface area (TPSA) is 52.9 Å². The van der Waals surface area contributed by atoms with Crippen LogP contribution in [0.4, 0.5) is 0 Å². The number of nitriles is 1. The number of carbonyl (C=O) groups is 1. The minimum Gasteiger partial charge on any atom is -0.349 e. The van der Waals surface area contributed by atoms with E-state index in [1.54, 1.807) is 24.3 Å². The molecule has 1 N–H and O–H groups in total. The minimum absolute atomic E-state index is 0.0320. The predicted molar refractivity (Wildman–Crippen MR) is 74.6 cm³/mol. The molecular weight excluding hydrogens is 236 g/mol. The summed E-state index contributed by atoms with van der Waals surface area (Å²) in [4.78, 5) is 12.2. The molecule has 1 aliphatic rings. The van der Waals surface area contributed by atoms with Crippen LogP contribution < -0.4 is 5.32 Å². The monoisotopic (exact) mass is 256 g/mol.